The summed E-state index contributed by atoms with van der Waals surface area (Å²) in [5, 5.41) is 1.95. The molecule has 0 aliphatic rings. The molecule has 25 heavy (non-hydrogen) atoms. The second-order valence-electron chi connectivity index (χ2n) is 5.60. The molecule has 0 bridgehead atoms. The van der Waals surface area contributed by atoms with Gasteiger partial charge in [-0.1, -0.05) is 23.8 Å². The number of anilines is 1. The minimum absolute atomic E-state index is 0.220. The van der Waals surface area contributed by atoms with Gasteiger partial charge in [-0.15, -0.1) is 11.3 Å². The molecule has 2 aromatic heterocycles. The van der Waals surface area contributed by atoms with Crippen molar-refractivity contribution >= 4 is 38.1 Å². The largest absolute Gasteiger partial charge is 0.435 e. The fraction of sp³-hybridized carbons (Fsp3) is 0.0556. The van der Waals surface area contributed by atoms with Gasteiger partial charge in [0, 0.05) is 0 Å². The van der Waals surface area contributed by atoms with Gasteiger partial charge in [0.25, 0.3) is 10.0 Å². The minimum atomic E-state index is -3.64. The van der Waals surface area contributed by atoms with Crippen molar-refractivity contribution in [2.24, 2.45) is 0 Å². The molecule has 2 aromatic carbocycles. The SMILES string of the molecule is Cc1ccc(S(=O)(=O)Nc2ccc3oc(-c4cccs4)nc3c2)cc1. The summed E-state index contributed by atoms with van der Waals surface area (Å²) in [5.41, 5.74) is 2.66. The maximum absolute atomic E-state index is 12.5. The summed E-state index contributed by atoms with van der Waals surface area (Å²) in [4.78, 5) is 5.59. The molecule has 7 heteroatoms. The van der Waals surface area contributed by atoms with Crippen molar-refractivity contribution < 1.29 is 12.8 Å². The number of aromatic nitrogens is 1. The Labute approximate surface area is 149 Å². The molecule has 0 aliphatic heterocycles. The van der Waals surface area contributed by atoms with Crippen LogP contribution in [0.3, 0.4) is 0 Å². The predicted octanol–water partition coefficient (Wildman–Crippen LogP) is 4.67. The first-order chi connectivity index (χ1) is 12.0. The molecule has 0 atom stereocenters. The molecule has 126 valence electrons. The number of nitrogens with one attached hydrogen (secondary N) is 1. The van der Waals surface area contributed by atoms with Gasteiger partial charge in [-0.05, 0) is 48.7 Å². The van der Waals surface area contributed by atoms with Crippen LogP contribution in [0.4, 0.5) is 5.69 Å². The third-order valence-corrected chi connectivity index (χ3v) is 5.96. The number of sulfonamides is 1. The van der Waals surface area contributed by atoms with Gasteiger partial charge in [0.05, 0.1) is 15.5 Å². The molecule has 0 radical (unpaired) electrons. The van der Waals surface area contributed by atoms with Crippen molar-refractivity contribution in [2.45, 2.75) is 11.8 Å². The number of thiophene rings is 1. The topological polar surface area (TPSA) is 72.2 Å². The van der Waals surface area contributed by atoms with Crippen LogP contribution in [0.25, 0.3) is 21.9 Å². The highest BCUT2D eigenvalue weighted by molar-refractivity contribution is 7.92. The first-order valence-electron chi connectivity index (χ1n) is 7.55. The Morgan fingerprint density at radius 3 is 2.60 bits per heavy atom. The van der Waals surface area contributed by atoms with Crippen molar-refractivity contribution in [2.75, 3.05) is 4.72 Å². The molecule has 0 aliphatic carbocycles. The minimum Gasteiger partial charge on any atom is -0.435 e. The van der Waals surface area contributed by atoms with E-state index in [0.717, 1.165) is 10.4 Å². The zero-order valence-electron chi connectivity index (χ0n) is 13.3. The van der Waals surface area contributed by atoms with Crippen LogP contribution in [-0.2, 0) is 10.0 Å². The highest BCUT2D eigenvalue weighted by atomic mass is 32.2. The summed E-state index contributed by atoms with van der Waals surface area (Å²) in [5.74, 6) is 0.531. The van der Waals surface area contributed by atoms with Gasteiger partial charge >= 0.3 is 0 Å². The average molecular weight is 370 g/mol. The van der Waals surface area contributed by atoms with Gasteiger partial charge in [0.15, 0.2) is 5.58 Å². The van der Waals surface area contributed by atoms with Crippen molar-refractivity contribution in [3.63, 3.8) is 0 Å². The van der Waals surface area contributed by atoms with E-state index in [-0.39, 0.29) is 4.90 Å². The molecule has 1 N–H and O–H groups in total. The van der Waals surface area contributed by atoms with Gasteiger partial charge in [-0.2, -0.15) is 0 Å². The summed E-state index contributed by atoms with van der Waals surface area (Å²) in [6.07, 6.45) is 0. The third kappa shape index (κ3) is 3.16. The van der Waals surface area contributed by atoms with E-state index in [1.165, 1.54) is 11.3 Å². The molecular weight excluding hydrogens is 356 g/mol. The van der Waals surface area contributed by atoms with E-state index in [0.29, 0.717) is 22.7 Å². The number of oxazole rings is 1. The Morgan fingerprint density at radius 1 is 1.08 bits per heavy atom. The van der Waals surface area contributed by atoms with Crippen LogP contribution in [0.5, 0.6) is 0 Å². The Morgan fingerprint density at radius 2 is 1.88 bits per heavy atom. The Bertz CT molecular complexity index is 1130. The highest BCUT2D eigenvalue weighted by Gasteiger charge is 2.15. The molecule has 0 spiro atoms. The Balaban J connectivity index is 1.66. The molecule has 0 saturated carbocycles. The summed E-state index contributed by atoms with van der Waals surface area (Å²) >= 11 is 1.54. The van der Waals surface area contributed by atoms with Gasteiger partial charge < -0.3 is 4.42 Å². The van der Waals surface area contributed by atoms with Crippen LogP contribution in [0.1, 0.15) is 5.56 Å². The lowest BCUT2D eigenvalue weighted by Crippen LogP contribution is -2.12. The van der Waals surface area contributed by atoms with E-state index in [2.05, 4.69) is 9.71 Å². The maximum atomic E-state index is 12.5. The maximum Gasteiger partial charge on any atom is 0.261 e. The van der Waals surface area contributed by atoms with Gasteiger partial charge in [0.2, 0.25) is 5.89 Å². The number of nitrogens with zero attached hydrogens (tertiary/aromatic N) is 1. The molecule has 0 unspecified atom stereocenters. The van der Waals surface area contributed by atoms with Gasteiger partial charge in [-0.3, -0.25) is 4.72 Å². The van der Waals surface area contributed by atoms with Crippen LogP contribution in [0.2, 0.25) is 0 Å². The number of aryl methyl sites for hydroxylation is 1. The second-order valence-corrected chi connectivity index (χ2v) is 8.23. The molecule has 0 fully saturated rings. The van der Waals surface area contributed by atoms with E-state index in [9.17, 15) is 8.42 Å². The highest BCUT2D eigenvalue weighted by Crippen LogP contribution is 2.29. The Hall–Kier alpha value is -2.64. The van der Waals surface area contributed by atoms with Crippen LogP contribution >= 0.6 is 11.3 Å². The van der Waals surface area contributed by atoms with Crippen LogP contribution < -0.4 is 4.72 Å². The Kier molecular flexibility index (Phi) is 3.82. The molecular formula is C18H14N2O3S2. The van der Waals surface area contributed by atoms with Gasteiger partial charge in [-0.25, -0.2) is 13.4 Å². The molecule has 4 rings (SSSR count). The third-order valence-electron chi connectivity index (χ3n) is 3.70. The number of hydrogen-bond acceptors (Lipinski definition) is 5. The lowest BCUT2D eigenvalue weighted by molar-refractivity contribution is 0.601. The van der Waals surface area contributed by atoms with Crippen LogP contribution in [-0.4, -0.2) is 13.4 Å². The van der Waals surface area contributed by atoms with E-state index in [1.54, 1.807) is 42.5 Å². The van der Waals surface area contributed by atoms with Crippen molar-refractivity contribution in [1.82, 2.24) is 4.98 Å². The predicted molar refractivity (Wildman–Crippen MR) is 99.3 cm³/mol. The first kappa shape index (κ1) is 15.9. The standard InChI is InChI=1S/C18H14N2O3S2/c1-12-4-7-14(8-5-12)25(21,22)20-13-6-9-16-15(11-13)19-18(23-16)17-3-2-10-24-17/h2-11,20H,1H3. The monoisotopic (exact) mass is 370 g/mol. The molecule has 0 saturated heterocycles. The second kappa shape index (κ2) is 6.02. The van der Waals surface area contributed by atoms with E-state index in [1.807, 2.05) is 24.4 Å². The fourth-order valence-electron chi connectivity index (χ4n) is 2.43. The summed E-state index contributed by atoms with van der Waals surface area (Å²) < 4.78 is 33.3. The number of rotatable bonds is 4. The van der Waals surface area contributed by atoms with Gasteiger partial charge in [0.1, 0.15) is 5.52 Å². The van der Waals surface area contributed by atoms with E-state index < -0.39 is 10.0 Å². The quantitative estimate of drug-likeness (QED) is 0.567. The lowest BCUT2D eigenvalue weighted by atomic mass is 10.2. The molecule has 0 amide bonds. The zero-order valence-corrected chi connectivity index (χ0v) is 14.9. The lowest BCUT2D eigenvalue weighted by Gasteiger charge is -2.08. The van der Waals surface area contributed by atoms with Crippen molar-refractivity contribution in [3.8, 4) is 10.8 Å². The van der Waals surface area contributed by atoms with Crippen LogP contribution in [0, 0.1) is 6.92 Å². The first-order valence-corrected chi connectivity index (χ1v) is 9.91. The number of fused-ring (bicyclic) bond motifs is 1. The fourth-order valence-corrected chi connectivity index (χ4v) is 4.13. The summed E-state index contributed by atoms with van der Waals surface area (Å²) in [6, 6.07) is 15.6. The summed E-state index contributed by atoms with van der Waals surface area (Å²) in [7, 11) is -3.64. The molecule has 5 nitrogen and oxygen atoms in total. The summed E-state index contributed by atoms with van der Waals surface area (Å²) in [6.45, 7) is 1.91. The van der Waals surface area contributed by atoms with Crippen LogP contribution in [0.15, 0.2) is 69.3 Å². The van der Waals surface area contributed by atoms with Crippen molar-refractivity contribution in [1.29, 1.82) is 0 Å². The number of hydrogen-bond donors (Lipinski definition) is 1. The number of benzene rings is 2. The zero-order chi connectivity index (χ0) is 17.4. The van der Waals surface area contributed by atoms with Crippen molar-refractivity contribution in [3.05, 3.63) is 65.5 Å². The molecule has 2 heterocycles. The smallest absolute Gasteiger partial charge is 0.261 e. The normalized spacial score (nSPS) is 11.7. The average Bonchev–Trinajstić information content (AvgIpc) is 3.23. The van der Waals surface area contributed by atoms with E-state index in [4.69, 9.17) is 4.42 Å². The van der Waals surface area contributed by atoms with E-state index >= 15 is 0 Å². The molecule has 4 aromatic rings.